The number of sulfonamides is 1. The van der Waals surface area contributed by atoms with Gasteiger partial charge in [-0.3, -0.25) is 4.79 Å². The van der Waals surface area contributed by atoms with Gasteiger partial charge >= 0.3 is 0 Å². The van der Waals surface area contributed by atoms with E-state index >= 15 is 0 Å². The van der Waals surface area contributed by atoms with Gasteiger partial charge in [-0.25, -0.2) is 17.1 Å². The first-order valence-electron chi connectivity index (χ1n) is 10.0. The Morgan fingerprint density at radius 1 is 1.17 bits per heavy atom. The van der Waals surface area contributed by atoms with Crippen molar-refractivity contribution in [2.75, 3.05) is 26.2 Å². The normalized spacial score (nSPS) is 15.7. The summed E-state index contributed by atoms with van der Waals surface area (Å²) < 4.78 is 45.2. The topological polar surface area (TPSA) is 75.7 Å². The Bertz CT molecular complexity index is 955. The molecule has 1 amide bonds. The first kappa shape index (κ1) is 22.2. The van der Waals surface area contributed by atoms with Crippen LogP contribution in [-0.4, -0.2) is 44.9 Å². The minimum atomic E-state index is -3.40. The molecule has 2 aromatic carbocycles. The second kappa shape index (κ2) is 10.0. The Hall–Kier alpha value is -2.45. The van der Waals surface area contributed by atoms with Crippen molar-refractivity contribution in [2.45, 2.75) is 25.5 Å². The van der Waals surface area contributed by atoms with E-state index in [1.807, 2.05) is 31.2 Å². The Balaban J connectivity index is 1.40. The van der Waals surface area contributed by atoms with Crippen molar-refractivity contribution in [3.8, 4) is 5.75 Å². The molecule has 1 fully saturated rings. The lowest BCUT2D eigenvalue weighted by Crippen LogP contribution is -2.43. The van der Waals surface area contributed by atoms with Gasteiger partial charge in [-0.2, -0.15) is 0 Å². The van der Waals surface area contributed by atoms with Gasteiger partial charge in [0.2, 0.25) is 15.9 Å². The van der Waals surface area contributed by atoms with Gasteiger partial charge in [-0.05, 0) is 49.6 Å². The Kier molecular flexibility index (Phi) is 7.44. The van der Waals surface area contributed by atoms with Crippen LogP contribution in [-0.2, 0) is 20.6 Å². The first-order valence-corrected chi connectivity index (χ1v) is 11.6. The van der Waals surface area contributed by atoms with E-state index in [1.54, 1.807) is 0 Å². The second-order valence-electron chi connectivity index (χ2n) is 7.51. The maximum Gasteiger partial charge on any atom is 0.223 e. The number of halogens is 1. The van der Waals surface area contributed by atoms with Crippen molar-refractivity contribution in [1.29, 1.82) is 0 Å². The molecular weight excluding hydrogens is 407 g/mol. The highest BCUT2D eigenvalue weighted by Crippen LogP contribution is 2.22. The number of carbonyl (C=O) groups excluding carboxylic acids is 1. The fourth-order valence-corrected chi connectivity index (χ4v) is 5.07. The molecule has 0 aromatic heterocycles. The molecule has 6 nitrogen and oxygen atoms in total. The van der Waals surface area contributed by atoms with Crippen LogP contribution in [0.25, 0.3) is 0 Å². The van der Waals surface area contributed by atoms with Crippen LogP contribution in [0.2, 0.25) is 0 Å². The van der Waals surface area contributed by atoms with Crippen LogP contribution in [0.4, 0.5) is 4.39 Å². The minimum absolute atomic E-state index is 0.0216. The number of carbonyl (C=O) groups is 1. The average Bonchev–Trinajstić information content (AvgIpc) is 2.72. The van der Waals surface area contributed by atoms with Gasteiger partial charge in [0.25, 0.3) is 0 Å². The molecule has 3 rings (SSSR count). The Morgan fingerprint density at radius 2 is 1.87 bits per heavy atom. The summed E-state index contributed by atoms with van der Waals surface area (Å²) in [7, 11) is -3.40. The molecule has 2 aromatic rings. The summed E-state index contributed by atoms with van der Waals surface area (Å²) in [6, 6.07) is 13.2. The number of benzene rings is 2. The van der Waals surface area contributed by atoms with Gasteiger partial charge < -0.3 is 10.1 Å². The van der Waals surface area contributed by atoms with E-state index in [4.69, 9.17) is 4.74 Å². The van der Waals surface area contributed by atoms with Crippen molar-refractivity contribution in [3.05, 3.63) is 65.5 Å². The molecule has 1 aliphatic rings. The molecular formula is C22H27FN2O4S. The highest BCUT2D eigenvalue weighted by Gasteiger charge is 2.31. The van der Waals surface area contributed by atoms with Gasteiger partial charge in [0.1, 0.15) is 18.2 Å². The molecule has 0 aliphatic carbocycles. The SMILES string of the molecule is Cc1cccc(CS(=O)(=O)N2CCC(C(=O)NCCOc3ccc(F)cc3)CC2)c1. The third-order valence-corrected chi connectivity index (χ3v) is 6.98. The monoisotopic (exact) mass is 434 g/mol. The van der Waals surface area contributed by atoms with E-state index in [0.29, 0.717) is 38.2 Å². The fraction of sp³-hybridized carbons (Fsp3) is 0.409. The third kappa shape index (κ3) is 6.27. The second-order valence-corrected chi connectivity index (χ2v) is 9.48. The van der Waals surface area contributed by atoms with Crippen molar-refractivity contribution in [2.24, 2.45) is 5.92 Å². The van der Waals surface area contributed by atoms with Crippen molar-refractivity contribution < 1.29 is 22.3 Å². The van der Waals surface area contributed by atoms with Crippen LogP contribution in [0.3, 0.4) is 0 Å². The van der Waals surface area contributed by atoms with Gasteiger partial charge in [-0.15, -0.1) is 0 Å². The standard InChI is InChI=1S/C22H27FN2O4S/c1-17-3-2-4-18(15-17)16-30(27,28)25-12-9-19(10-13-25)22(26)24-11-14-29-21-7-5-20(23)6-8-21/h2-8,15,19H,9-14,16H2,1H3,(H,24,26). The predicted octanol–water partition coefficient (Wildman–Crippen LogP) is 2.87. The molecule has 1 N–H and O–H groups in total. The lowest BCUT2D eigenvalue weighted by atomic mass is 9.97. The number of hydrogen-bond acceptors (Lipinski definition) is 4. The van der Waals surface area contributed by atoms with Gasteiger partial charge in [0, 0.05) is 19.0 Å². The molecule has 0 spiro atoms. The summed E-state index contributed by atoms with van der Waals surface area (Å²) in [4.78, 5) is 12.4. The predicted molar refractivity (Wildman–Crippen MR) is 113 cm³/mol. The Labute approximate surface area is 177 Å². The van der Waals surface area contributed by atoms with E-state index in [0.717, 1.165) is 11.1 Å². The van der Waals surface area contributed by atoms with E-state index in [-0.39, 0.29) is 30.0 Å². The number of rotatable bonds is 8. The third-order valence-electron chi connectivity index (χ3n) is 5.13. The van der Waals surface area contributed by atoms with Gasteiger partial charge in [-0.1, -0.05) is 29.8 Å². The van der Waals surface area contributed by atoms with Crippen LogP contribution in [0.1, 0.15) is 24.0 Å². The summed E-state index contributed by atoms with van der Waals surface area (Å²) >= 11 is 0. The summed E-state index contributed by atoms with van der Waals surface area (Å²) in [6.07, 6.45) is 0.995. The lowest BCUT2D eigenvalue weighted by Gasteiger charge is -2.30. The number of aryl methyl sites for hydroxylation is 1. The van der Waals surface area contributed by atoms with E-state index in [9.17, 15) is 17.6 Å². The number of nitrogens with one attached hydrogen (secondary N) is 1. The zero-order valence-electron chi connectivity index (χ0n) is 17.0. The number of ether oxygens (including phenoxy) is 1. The molecule has 0 radical (unpaired) electrons. The molecule has 162 valence electrons. The fourth-order valence-electron chi connectivity index (χ4n) is 3.52. The molecule has 1 aliphatic heterocycles. The van der Waals surface area contributed by atoms with Crippen LogP contribution in [0.5, 0.6) is 5.75 Å². The maximum atomic E-state index is 12.9. The Morgan fingerprint density at radius 3 is 2.53 bits per heavy atom. The molecule has 8 heteroatoms. The molecule has 0 atom stereocenters. The minimum Gasteiger partial charge on any atom is -0.492 e. The van der Waals surface area contributed by atoms with Gasteiger partial charge in [0.05, 0.1) is 12.3 Å². The number of nitrogens with zero attached hydrogens (tertiary/aromatic N) is 1. The van der Waals surface area contributed by atoms with Crippen molar-refractivity contribution >= 4 is 15.9 Å². The summed E-state index contributed by atoms with van der Waals surface area (Å²) in [5.41, 5.74) is 1.80. The zero-order valence-corrected chi connectivity index (χ0v) is 17.8. The summed E-state index contributed by atoms with van der Waals surface area (Å²) in [5.74, 6) is -0.109. The van der Waals surface area contributed by atoms with Crippen molar-refractivity contribution in [3.63, 3.8) is 0 Å². The highest BCUT2D eigenvalue weighted by atomic mass is 32.2. The first-order chi connectivity index (χ1) is 14.3. The number of hydrogen-bond donors (Lipinski definition) is 1. The van der Waals surface area contributed by atoms with Crippen LogP contribution in [0, 0.1) is 18.7 Å². The van der Waals surface area contributed by atoms with E-state index < -0.39 is 10.0 Å². The number of amides is 1. The van der Waals surface area contributed by atoms with Crippen LogP contribution in [0.15, 0.2) is 48.5 Å². The largest absolute Gasteiger partial charge is 0.492 e. The molecule has 0 unspecified atom stereocenters. The molecule has 30 heavy (non-hydrogen) atoms. The zero-order chi connectivity index (χ0) is 21.6. The molecule has 1 heterocycles. The van der Waals surface area contributed by atoms with Gasteiger partial charge in [0.15, 0.2) is 0 Å². The lowest BCUT2D eigenvalue weighted by molar-refractivity contribution is -0.126. The van der Waals surface area contributed by atoms with Crippen molar-refractivity contribution in [1.82, 2.24) is 9.62 Å². The van der Waals surface area contributed by atoms with E-state index in [1.165, 1.54) is 28.6 Å². The van der Waals surface area contributed by atoms with E-state index in [2.05, 4.69) is 5.32 Å². The molecule has 1 saturated heterocycles. The summed E-state index contributed by atoms with van der Waals surface area (Å²) in [6.45, 7) is 3.24. The molecule has 0 bridgehead atoms. The number of piperidine rings is 1. The highest BCUT2D eigenvalue weighted by molar-refractivity contribution is 7.88. The maximum absolute atomic E-state index is 12.9. The molecule has 0 saturated carbocycles. The summed E-state index contributed by atoms with van der Waals surface area (Å²) in [5, 5.41) is 2.83. The smallest absolute Gasteiger partial charge is 0.223 e. The van der Waals surface area contributed by atoms with Crippen LogP contribution >= 0.6 is 0 Å². The van der Waals surface area contributed by atoms with Crippen LogP contribution < -0.4 is 10.1 Å². The average molecular weight is 435 g/mol. The quantitative estimate of drug-likeness (QED) is 0.649.